The largest absolute Gasteiger partial charge is 0.352 e. The number of ether oxygens (including phenoxy) is 2. The molecule has 0 aromatic heterocycles. The summed E-state index contributed by atoms with van der Waals surface area (Å²) in [6.45, 7) is 5.50. The molecule has 0 radical (unpaired) electrons. The molecule has 2 aliphatic rings. The average Bonchev–Trinajstić information content (AvgIpc) is 2.57. The van der Waals surface area contributed by atoms with E-state index in [9.17, 15) is 0 Å². The van der Waals surface area contributed by atoms with Crippen LogP contribution in [0.1, 0.15) is 64.2 Å². The molecule has 0 aromatic carbocycles. The van der Waals surface area contributed by atoms with Gasteiger partial charge in [-0.15, -0.1) is 6.58 Å². The number of hydrogen-bond acceptors (Lipinski definition) is 2. The van der Waals surface area contributed by atoms with Gasteiger partial charge < -0.3 is 9.47 Å². The third-order valence-corrected chi connectivity index (χ3v) is 5.41. The summed E-state index contributed by atoms with van der Waals surface area (Å²) in [5, 5.41) is 0. The fourth-order valence-corrected chi connectivity index (χ4v) is 4.03. The summed E-state index contributed by atoms with van der Waals surface area (Å²) < 4.78 is 12.4. The van der Waals surface area contributed by atoms with Crippen molar-refractivity contribution in [3.05, 3.63) is 24.3 Å². The molecule has 2 fully saturated rings. The summed E-state index contributed by atoms with van der Waals surface area (Å²) >= 11 is 5.68. The van der Waals surface area contributed by atoms with Crippen LogP contribution in [0, 0.1) is 11.3 Å². The van der Waals surface area contributed by atoms with Gasteiger partial charge in [-0.05, 0) is 44.9 Å². The van der Waals surface area contributed by atoms with Crippen LogP contribution in [0.3, 0.4) is 0 Å². The van der Waals surface area contributed by atoms with Gasteiger partial charge in [0.2, 0.25) is 0 Å². The molecule has 126 valence electrons. The van der Waals surface area contributed by atoms with Crippen LogP contribution in [-0.4, -0.2) is 19.5 Å². The first-order valence-electron chi connectivity index (χ1n) is 8.90. The smallest absolute Gasteiger partial charge is 0.163 e. The molecule has 1 aliphatic heterocycles. The molecule has 3 heteroatoms. The summed E-state index contributed by atoms with van der Waals surface area (Å²) in [7, 11) is 0. The van der Waals surface area contributed by atoms with E-state index < -0.39 is 0 Å². The lowest BCUT2D eigenvalue weighted by Gasteiger charge is -2.45. The maximum atomic E-state index is 6.19. The second-order valence-electron chi connectivity index (χ2n) is 6.91. The summed E-state index contributed by atoms with van der Waals surface area (Å²) in [5.41, 5.74) is 1.84. The Kier molecular flexibility index (Phi) is 7.99. The molecule has 0 atom stereocenters. The first-order valence-corrected chi connectivity index (χ1v) is 9.34. The molecule has 2 rings (SSSR count). The summed E-state index contributed by atoms with van der Waals surface area (Å²) in [6.07, 6.45) is 16.1. The minimum atomic E-state index is -0.00724. The first kappa shape index (κ1) is 18.0. The Morgan fingerprint density at radius 1 is 1.09 bits per heavy atom. The van der Waals surface area contributed by atoms with Crippen molar-refractivity contribution in [3.8, 4) is 0 Å². The number of unbranched alkanes of at least 4 members (excludes halogenated alkanes) is 1. The summed E-state index contributed by atoms with van der Waals surface area (Å²) in [6, 6.07) is 0. The van der Waals surface area contributed by atoms with Crippen molar-refractivity contribution in [2.75, 3.05) is 13.2 Å². The molecule has 1 saturated carbocycles. The highest BCUT2D eigenvalue weighted by molar-refractivity contribution is 6.25. The quantitative estimate of drug-likeness (QED) is 0.413. The number of rotatable bonds is 8. The first-order chi connectivity index (χ1) is 10.8. The molecule has 1 heterocycles. The lowest BCUT2D eigenvalue weighted by Crippen LogP contribution is -2.45. The standard InChI is InChI=1S/C19H31ClO2/c1-2-3-5-10-17-15-21-18(22-16-17)19(13-8-9-14-20)11-6-4-7-12-19/h2,9,14,17-18H,1,3-8,10-13,15-16H2/b14-9+. The monoisotopic (exact) mass is 326 g/mol. The Labute approximate surface area is 140 Å². The lowest BCUT2D eigenvalue weighted by molar-refractivity contribution is -0.261. The molecule has 0 unspecified atom stereocenters. The van der Waals surface area contributed by atoms with Gasteiger partial charge in [-0.25, -0.2) is 0 Å². The number of hydrogen-bond donors (Lipinski definition) is 0. The van der Waals surface area contributed by atoms with Crippen LogP contribution in [0.5, 0.6) is 0 Å². The fourth-order valence-electron chi connectivity index (χ4n) is 3.91. The van der Waals surface area contributed by atoms with E-state index in [0.717, 1.165) is 32.5 Å². The van der Waals surface area contributed by atoms with E-state index in [1.807, 2.05) is 6.08 Å². The Morgan fingerprint density at radius 2 is 1.82 bits per heavy atom. The predicted octanol–water partition coefficient (Wildman–Crippen LogP) is 5.82. The summed E-state index contributed by atoms with van der Waals surface area (Å²) in [4.78, 5) is 0. The SMILES string of the molecule is C=CCCCC1COC(C2(CC/C=C/Cl)CCCCC2)OC1. The second kappa shape index (κ2) is 9.75. The topological polar surface area (TPSA) is 18.5 Å². The highest BCUT2D eigenvalue weighted by atomic mass is 35.5. The van der Waals surface area contributed by atoms with Crippen LogP contribution >= 0.6 is 11.6 Å². The molecule has 0 N–H and O–H groups in total. The van der Waals surface area contributed by atoms with Gasteiger partial charge in [-0.3, -0.25) is 0 Å². The van der Waals surface area contributed by atoms with E-state index in [0.29, 0.717) is 5.92 Å². The molecule has 0 amide bonds. The third kappa shape index (κ3) is 5.11. The average molecular weight is 327 g/mol. The molecule has 1 aliphatic carbocycles. The zero-order valence-corrected chi connectivity index (χ0v) is 14.5. The van der Waals surface area contributed by atoms with Crippen LogP contribution in [0.4, 0.5) is 0 Å². The summed E-state index contributed by atoms with van der Waals surface area (Å²) in [5.74, 6) is 0.555. The van der Waals surface area contributed by atoms with Gasteiger partial charge in [0.05, 0.1) is 13.2 Å². The highest BCUT2D eigenvalue weighted by Crippen LogP contribution is 2.46. The van der Waals surface area contributed by atoms with E-state index in [-0.39, 0.29) is 11.7 Å². The lowest BCUT2D eigenvalue weighted by atomic mass is 9.70. The predicted molar refractivity (Wildman–Crippen MR) is 93.0 cm³/mol. The zero-order chi connectivity index (χ0) is 15.7. The highest BCUT2D eigenvalue weighted by Gasteiger charge is 2.42. The molecular weight excluding hydrogens is 296 g/mol. The molecule has 22 heavy (non-hydrogen) atoms. The maximum Gasteiger partial charge on any atom is 0.163 e. The number of halogens is 1. The Hall–Kier alpha value is -0.310. The Morgan fingerprint density at radius 3 is 2.45 bits per heavy atom. The molecule has 0 spiro atoms. The van der Waals surface area contributed by atoms with Crippen molar-refractivity contribution in [1.82, 2.24) is 0 Å². The van der Waals surface area contributed by atoms with Gasteiger partial charge in [0.1, 0.15) is 0 Å². The van der Waals surface area contributed by atoms with Crippen molar-refractivity contribution in [1.29, 1.82) is 0 Å². The molecule has 0 bridgehead atoms. The molecule has 1 saturated heterocycles. The minimum Gasteiger partial charge on any atom is -0.352 e. The van der Waals surface area contributed by atoms with E-state index in [1.54, 1.807) is 5.54 Å². The maximum absolute atomic E-state index is 6.19. The zero-order valence-electron chi connectivity index (χ0n) is 13.8. The van der Waals surface area contributed by atoms with Crippen molar-refractivity contribution in [2.24, 2.45) is 11.3 Å². The molecule has 2 nitrogen and oxygen atoms in total. The van der Waals surface area contributed by atoms with Crippen LogP contribution in [0.15, 0.2) is 24.3 Å². The van der Waals surface area contributed by atoms with Crippen molar-refractivity contribution >= 4 is 11.6 Å². The number of allylic oxidation sites excluding steroid dienone is 2. The van der Waals surface area contributed by atoms with E-state index in [4.69, 9.17) is 21.1 Å². The fraction of sp³-hybridized carbons (Fsp3) is 0.789. The van der Waals surface area contributed by atoms with Gasteiger partial charge in [-0.2, -0.15) is 0 Å². The second-order valence-corrected chi connectivity index (χ2v) is 7.16. The van der Waals surface area contributed by atoms with Crippen LogP contribution in [0.25, 0.3) is 0 Å². The van der Waals surface area contributed by atoms with Crippen molar-refractivity contribution in [2.45, 2.75) is 70.5 Å². The van der Waals surface area contributed by atoms with Gasteiger partial charge in [0, 0.05) is 16.9 Å². The van der Waals surface area contributed by atoms with Crippen molar-refractivity contribution in [3.63, 3.8) is 0 Å². The van der Waals surface area contributed by atoms with E-state index >= 15 is 0 Å². The molecular formula is C19H31ClO2. The molecule has 0 aromatic rings. The minimum absolute atomic E-state index is 0.00724. The normalized spacial score (nSPS) is 28.8. The van der Waals surface area contributed by atoms with Crippen LogP contribution in [-0.2, 0) is 9.47 Å². The van der Waals surface area contributed by atoms with Gasteiger partial charge in [0.25, 0.3) is 0 Å². The van der Waals surface area contributed by atoms with Crippen molar-refractivity contribution < 1.29 is 9.47 Å². The van der Waals surface area contributed by atoms with Gasteiger partial charge in [0.15, 0.2) is 6.29 Å². The van der Waals surface area contributed by atoms with E-state index in [1.165, 1.54) is 44.9 Å². The van der Waals surface area contributed by atoms with Crippen LogP contribution in [0.2, 0.25) is 0 Å². The Bertz CT molecular complexity index is 339. The van der Waals surface area contributed by atoms with Crippen LogP contribution < -0.4 is 0 Å². The Balaban J connectivity index is 1.85. The third-order valence-electron chi connectivity index (χ3n) is 5.23. The van der Waals surface area contributed by atoms with Gasteiger partial charge in [-0.1, -0.05) is 43.0 Å². The van der Waals surface area contributed by atoms with E-state index in [2.05, 4.69) is 12.7 Å². The van der Waals surface area contributed by atoms with Gasteiger partial charge >= 0.3 is 0 Å².